The molecule has 33 heavy (non-hydrogen) atoms. The number of nitrogens with zero attached hydrogens (tertiary/aromatic N) is 5. The van der Waals surface area contributed by atoms with Gasteiger partial charge in [-0.1, -0.05) is 0 Å². The van der Waals surface area contributed by atoms with Gasteiger partial charge in [-0.25, -0.2) is 4.98 Å². The van der Waals surface area contributed by atoms with Crippen LogP contribution < -0.4 is 21.3 Å². The number of fused-ring (bicyclic) bond motifs is 2. The van der Waals surface area contributed by atoms with Crippen molar-refractivity contribution in [3.8, 4) is 0 Å². The van der Waals surface area contributed by atoms with Gasteiger partial charge in [0, 0.05) is 18.9 Å². The van der Waals surface area contributed by atoms with Gasteiger partial charge in [0.25, 0.3) is 0 Å². The highest BCUT2D eigenvalue weighted by atomic mass is 79.9. The molecule has 0 saturated heterocycles. The van der Waals surface area contributed by atoms with E-state index in [1.54, 1.807) is 12.4 Å². The Morgan fingerprint density at radius 3 is 2.52 bits per heavy atom. The Morgan fingerprint density at radius 2 is 1.67 bits per heavy atom. The second-order valence-corrected chi connectivity index (χ2v) is 9.18. The quantitative estimate of drug-likeness (QED) is 0.255. The highest BCUT2D eigenvalue weighted by molar-refractivity contribution is 9.11. The molecular formula is C21H18Br2N10. The molecule has 4 aromatic rings. The van der Waals surface area contributed by atoms with E-state index >= 15 is 0 Å². The summed E-state index contributed by atoms with van der Waals surface area (Å²) in [5.41, 5.74) is 5.20. The molecule has 10 nitrogen and oxygen atoms in total. The molecule has 2 aromatic carbocycles. The lowest BCUT2D eigenvalue weighted by Crippen LogP contribution is -2.29. The van der Waals surface area contributed by atoms with Gasteiger partial charge in [-0.15, -0.1) is 0 Å². The topological polar surface area (TPSA) is 127 Å². The van der Waals surface area contributed by atoms with Crippen molar-refractivity contribution in [2.75, 3.05) is 30.3 Å². The van der Waals surface area contributed by atoms with E-state index in [4.69, 9.17) is 4.98 Å². The molecule has 2 aliphatic heterocycles. The maximum Gasteiger partial charge on any atom is 0.196 e. The number of nitrogens with one attached hydrogen (secondary N) is 5. The summed E-state index contributed by atoms with van der Waals surface area (Å²) in [6.07, 6.45) is 3.36. The number of benzene rings is 2. The predicted octanol–water partition coefficient (Wildman–Crippen LogP) is 3.51. The lowest BCUT2D eigenvalue weighted by Gasteiger charge is -2.12. The molecule has 0 aliphatic carbocycles. The lowest BCUT2D eigenvalue weighted by atomic mass is 10.2. The van der Waals surface area contributed by atoms with Crippen molar-refractivity contribution in [1.29, 1.82) is 0 Å². The van der Waals surface area contributed by atoms with Crippen LogP contribution in [0.3, 0.4) is 0 Å². The van der Waals surface area contributed by atoms with Crippen molar-refractivity contribution in [3.63, 3.8) is 0 Å². The van der Waals surface area contributed by atoms with Crippen LogP contribution in [0.5, 0.6) is 0 Å². The van der Waals surface area contributed by atoms with E-state index < -0.39 is 0 Å². The Morgan fingerprint density at radius 1 is 0.879 bits per heavy atom. The Balaban J connectivity index is 1.20. The average Bonchev–Trinajstić information content (AvgIpc) is 3.59. The molecular weight excluding hydrogens is 552 g/mol. The minimum absolute atomic E-state index is 0.0666. The average molecular weight is 570 g/mol. The number of anilines is 2. The van der Waals surface area contributed by atoms with Gasteiger partial charge < -0.3 is 26.3 Å². The van der Waals surface area contributed by atoms with E-state index in [-0.39, 0.29) is 6.04 Å². The van der Waals surface area contributed by atoms with E-state index in [0.29, 0.717) is 12.5 Å². The summed E-state index contributed by atoms with van der Waals surface area (Å²) in [6.45, 7) is 2.19. The minimum atomic E-state index is -0.0666. The Bertz CT molecular complexity index is 1440. The van der Waals surface area contributed by atoms with Gasteiger partial charge in [0.05, 0.1) is 44.4 Å². The minimum Gasteiger partial charge on any atom is -0.354 e. The molecule has 166 valence electrons. The fraction of sp³-hybridized carbons (Fsp3) is 0.190. The van der Waals surface area contributed by atoms with Crippen molar-refractivity contribution in [1.82, 2.24) is 30.6 Å². The smallest absolute Gasteiger partial charge is 0.196 e. The number of imidazole rings is 1. The third-order valence-electron chi connectivity index (χ3n) is 5.44. The van der Waals surface area contributed by atoms with Crippen molar-refractivity contribution in [2.24, 2.45) is 9.98 Å². The van der Waals surface area contributed by atoms with Crippen LogP contribution in [0.1, 0.15) is 11.9 Å². The van der Waals surface area contributed by atoms with E-state index in [0.717, 1.165) is 67.3 Å². The molecule has 5 N–H and O–H groups in total. The number of guanidine groups is 2. The summed E-state index contributed by atoms with van der Waals surface area (Å²) in [5, 5.41) is 13.3. The summed E-state index contributed by atoms with van der Waals surface area (Å²) in [7, 11) is 0. The van der Waals surface area contributed by atoms with Crippen LogP contribution in [0.25, 0.3) is 22.1 Å². The van der Waals surface area contributed by atoms with Gasteiger partial charge in [-0.05, 0) is 56.1 Å². The molecule has 0 radical (unpaired) electrons. The molecule has 1 atom stereocenters. The number of rotatable bonds is 3. The van der Waals surface area contributed by atoms with E-state index in [1.807, 2.05) is 24.3 Å². The SMILES string of the molecule is Brc1c(NC2=NCC(c3nc4c(Br)c(NC5=NCCN5)ccc4[nH]3)N2)ccc2nccnc12. The number of hydrogen-bond donors (Lipinski definition) is 5. The normalized spacial score (nSPS) is 17.6. The number of aromatic amines is 1. The van der Waals surface area contributed by atoms with Gasteiger partial charge in [0.1, 0.15) is 22.9 Å². The predicted molar refractivity (Wildman–Crippen MR) is 137 cm³/mol. The number of halogens is 2. The second-order valence-electron chi connectivity index (χ2n) is 7.59. The zero-order valence-corrected chi connectivity index (χ0v) is 20.3. The molecule has 1 unspecified atom stereocenters. The highest BCUT2D eigenvalue weighted by Gasteiger charge is 2.24. The van der Waals surface area contributed by atoms with Crippen LogP contribution in [0.4, 0.5) is 11.4 Å². The molecule has 0 bridgehead atoms. The molecule has 0 fully saturated rings. The fourth-order valence-electron chi connectivity index (χ4n) is 3.83. The zero-order valence-electron chi connectivity index (χ0n) is 17.2. The standard InChI is InChI=1S/C21H18Br2N10/c22-15-10(1-3-12-17(15)25-6-5-24-12)31-21-28-9-14(32-21)19-29-13-4-2-11(16(23)18(13)33-19)30-20-26-7-8-27-20/h1-6,14H,7-9H2,(H,29,33)(H2,26,27,30)(H2,28,31,32). The Labute approximate surface area is 205 Å². The first-order chi connectivity index (χ1) is 16.2. The molecule has 0 amide bonds. The van der Waals surface area contributed by atoms with Crippen LogP contribution in [0.15, 0.2) is 55.6 Å². The van der Waals surface area contributed by atoms with E-state index in [9.17, 15) is 0 Å². The summed E-state index contributed by atoms with van der Waals surface area (Å²) < 4.78 is 1.73. The van der Waals surface area contributed by atoms with Gasteiger partial charge >= 0.3 is 0 Å². The van der Waals surface area contributed by atoms with Gasteiger partial charge in [0.15, 0.2) is 11.9 Å². The number of H-pyrrole nitrogens is 1. The van der Waals surface area contributed by atoms with Crippen molar-refractivity contribution >= 4 is 77.2 Å². The molecule has 0 saturated carbocycles. The summed E-state index contributed by atoms with van der Waals surface area (Å²) in [4.78, 5) is 26.0. The van der Waals surface area contributed by atoms with Gasteiger partial charge in [-0.2, -0.15) is 0 Å². The number of aliphatic imine (C=N–C) groups is 2. The molecule has 2 aromatic heterocycles. The summed E-state index contributed by atoms with van der Waals surface area (Å²) in [5.74, 6) is 2.28. The van der Waals surface area contributed by atoms with Crippen LogP contribution in [0.2, 0.25) is 0 Å². The van der Waals surface area contributed by atoms with Crippen molar-refractivity contribution in [2.45, 2.75) is 6.04 Å². The molecule has 4 heterocycles. The Kier molecular flexibility index (Phi) is 5.10. The van der Waals surface area contributed by atoms with Crippen LogP contribution >= 0.6 is 31.9 Å². The van der Waals surface area contributed by atoms with Crippen LogP contribution in [0, 0.1) is 0 Å². The maximum absolute atomic E-state index is 4.84. The van der Waals surface area contributed by atoms with Gasteiger partial charge in [-0.3, -0.25) is 20.0 Å². The van der Waals surface area contributed by atoms with E-state index in [2.05, 4.69) is 78.1 Å². The summed E-state index contributed by atoms with van der Waals surface area (Å²) in [6, 6.07) is 7.83. The van der Waals surface area contributed by atoms with Gasteiger partial charge in [0.2, 0.25) is 0 Å². The van der Waals surface area contributed by atoms with Crippen LogP contribution in [-0.4, -0.2) is 51.5 Å². The number of aromatic nitrogens is 4. The highest BCUT2D eigenvalue weighted by Crippen LogP contribution is 2.32. The largest absolute Gasteiger partial charge is 0.354 e. The summed E-state index contributed by atoms with van der Waals surface area (Å²) >= 11 is 7.32. The third kappa shape index (κ3) is 3.78. The monoisotopic (exact) mass is 568 g/mol. The molecule has 12 heteroatoms. The maximum atomic E-state index is 4.84. The third-order valence-corrected chi connectivity index (χ3v) is 7.05. The fourth-order valence-corrected chi connectivity index (χ4v) is 4.90. The number of hydrogen-bond acceptors (Lipinski definition) is 9. The first-order valence-corrected chi connectivity index (χ1v) is 11.9. The van der Waals surface area contributed by atoms with Crippen molar-refractivity contribution < 1.29 is 0 Å². The lowest BCUT2D eigenvalue weighted by molar-refractivity contribution is 0.668. The van der Waals surface area contributed by atoms with Crippen LogP contribution in [-0.2, 0) is 0 Å². The van der Waals surface area contributed by atoms with E-state index in [1.165, 1.54) is 0 Å². The zero-order chi connectivity index (χ0) is 22.4. The first-order valence-electron chi connectivity index (χ1n) is 10.4. The first kappa shape index (κ1) is 20.4. The molecule has 2 aliphatic rings. The molecule has 0 spiro atoms. The molecule has 6 rings (SSSR count). The Hall–Kier alpha value is -3.25. The van der Waals surface area contributed by atoms with Crippen molar-refractivity contribution in [3.05, 3.63) is 51.4 Å². The second kappa shape index (κ2) is 8.27.